The average molecular weight is 369 g/mol. The maximum absolute atomic E-state index is 12.8. The molecule has 0 aromatic carbocycles. The molecule has 0 aliphatic carbocycles. The predicted octanol–water partition coefficient (Wildman–Crippen LogP) is 4.19. The first-order chi connectivity index (χ1) is 11.8. The van der Waals surface area contributed by atoms with Crippen molar-refractivity contribution in [3.63, 3.8) is 0 Å². The second kappa shape index (κ2) is 7.03. The van der Waals surface area contributed by atoms with Crippen LogP contribution in [0.3, 0.4) is 0 Å². The fourth-order valence-electron chi connectivity index (χ4n) is 2.79. The molecule has 1 aliphatic heterocycles. The monoisotopic (exact) mass is 369 g/mol. The Morgan fingerprint density at radius 3 is 2.60 bits per heavy atom. The normalized spacial score (nSPS) is 15.9. The van der Waals surface area contributed by atoms with E-state index in [4.69, 9.17) is 0 Å². The number of carbonyl (C=O) groups is 1. The molecule has 3 heterocycles. The molecule has 25 heavy (non-hydrogen) atoms. The van der Waals surface area contributed by atoms with E-state index in [-0.39, 0.29) is 5.91 Å². The van der Waals surface area contributed by atoms with E-state index in [0.29, 0.717) is 10.6 Å². The molecule has 8 heteroatoms. The Morgan fingerprint density at radius 2 is 1.96 bits per heavy atom. The van der Waals surface area contributed by atoms with E-state index < -0.39 is 11.9 Å². The number of likely N-dealkylation sites (tertiary alicyclic amines) is 1. The SMILES string of the molecule is Cn1nc(C(F)(F)F)cc1-c1ccc(C=CC(=O)N2CCCCC2)s1. The molecule has 0 atom stereocenters. The molecule has 134 valence electrons. The van der Waals surface area contributed by atoms with Gasteiger partial charge in [-0.2, -0.15) is 18.3 Å². The van der Waals surface area contributed by atoms with Crippen molar-refractivity contribution in [2.24, 2.45) is 7.05 Å². The van der Waals surface area contributed by atoms with Gasteiger partial charge in [0.15, 0.2) is 5.69 Å². The minimum Gasteiger partial charge on any atom is -0.339 e. The topological polar surface area (TPSA) is 38.1 Å². The molecule has 0 bridgehead atoms. The number of aryl methyl sites for hydroxylation is 1. The highest BCUT2D eigenvalue weighted by Crippen LogP contribution is 2.34. The van der Waals surface area contributed by atoms with Crippen molar-refractivity contribution in [1.29, 1.82) is 0 Å². The van der Waals surface area contributed by atoms with E-state index in [2.05, 4.69) is 5.10 Å². The summed E-state index contributed by atoms with van der Waals surface area (Å²) in [4.78, 5) is 15.4. The number of hydrogen-bond donors (Lipinski definition) is 0. The molecular formula is C17H18F3N3OS. The van der Waals surface area contributed by atoms with Crippen LogP contribution in [0.25, 0.3) is 16.6 Å². The van der Waals surface area contributed by atoms with Gasteiger partial charge < -0.3 is 4.90 Å². The predicted molar refractivity (Wildman–Crippen MR) is 91.0 cm³/mol. The second-order valence-corrected chi connectivity index (χ2v) is 7.07. The Hall–Kier alpha value is -2.09. The minimum absolute atomic E-state index is 0.0189. The third-order valence-electron chi connectivity index (χ3n) is 4.11. The van der Waals surface area contributed by atoms with E-state index in [0.717, 1.165) is 43.3 Å². The lowest BCUT2D eigenvalue weighted by molar-refractivity contribution is -0.141. The van der Waals surface area contributed by atoms with E-state index in [1.54, 1.807) is 18.2 Å². The van der Waals surface area contributed by atoms with Crippen molar-refractivity contribution in [3.8, 4) is 10.6 Å². The lowest BCUT2D eigenvalue weighted by atomic mass is 10.1. The molecule has 3 rings (SSSR count). The Bertz CT molecular complexity index is 785. The van der Waals surface area contributed by atoms with Gasteiger partial charge in [-0.15, -0.1) is 11.3 Å². The number of amides is 1. The summed E-state index contributed by atoms with van der Waals surface area (Å²) in [6.07, 6.45) is 2.01. The van der Waals surface area contributed by atoms with Gasteiger partial charge in [-0.05, 0) is 43.5 Å². The highest BCUT2D eigenvalue weighted by molar-refractivity contribution is 7.16. The quantitative estimate of drug-likeness (QED) is 0.761. The van der Waals surface area contributed by atoms with E-state index in [9.17, 15) is 18.0 Å². The molecule has 1 fully saturated rings. The number of piperidine rings is 1. The first-order valence-electron chi connectivity index (χ1n) is 8.03. The molecule has 0 radical (unpaired) electrons. The first kappa shape index (κ1) is 17.7. The van der Waals surface area contributed by atoms with Crippen LogP contribution < -0.4 is 0 Å². The number of nitrogens with zero attached hydrogens (tertiary/aromatic N) is 3. The second-order valence-electron chi connectivity index (χ2n) is 5.96. The fourth-order valence-corrected chi connectivity index (χ4v) is 3.75. The standard InChI is InChI=1S/C17H18F3N3OS/c1-22-13(11-15(21-22)17(18,19)20)14-7-5-12(25-14)6-8-16(24)23-9-3-2-4-10-23/h5-8,11H,2-4,9-10H2,1H3. The molecule has 1 aliphatic rings. The van der Waals surface area contributed by atoms with Crippen LogP contribution in [0, 0.1) is 0 Å². The van der Waals surface area contributed by atoms with Crippen LogP contribution in [0.5, 0.6) is 0 Å². The smallest absolute Gasteiger partial charge is 0.339 e. The Kier molecular flexibility index (Phi) is 4.99. The fraction of sp³-hybridized carbons (Fsp3) is 0.412. The number of hydrogen-bond acceptors (Lipinski definition) is 3. The van der Waals surface area contributed by atoms with E-state index in [1.165, 1.54) is 29.1 Å². The van der Waals surface area contributed by atoms with E-state index >= 15 is 0 Å². The number of alkyl halides is 3. The Labute approximate surface area is 147 Å². The lowest BCUT2D eigenvalue weighted by Crippen LogP contribution is -2.34. The molecule has 0 saturated carbocycles. The summed E-state index contributed by atoms with van der Waals surface area (Å²) in [6.45, 7) is 1.57. The van der Waals surface area contributed by atoms with Crippen LogP contribution in [-0.2, 0) is 18.0 Å². The third kappa shape index (κ3) is 4.12. The van der Waals surface area contributed by atoms with Gasteiger partial charge in [-0.25, -0.2) is 0 Å². The van der Waals surface area contributed by atoms with Crippen LogP contribution in [0.4, 0.5) is 13.2 Å². The van der Waals surface area contributed by atoms with Gasteiger partial charge in [-0.3, -0.25) is 9.48 Å². The van der Waals surface area contributed by atoms with Crippen molar-refractivity contribution >= 4 is 23.3 Å². The van der Waals surface area contributed by atoms with Gasteiger partial charge in [-0.1, -0.05) is 0 Å². The molecule has 0 N–H and O–H groups in total. The van der Waals surface area contributed by atoms with Gasteiger partial charge in [0, 0.05) is 31.1 Å². The van der Waals surface area contributed by atoms with E-state index in [1.807, 2.05) is 4.90 Å². The zero-order valence-corrected chi connectivity index (χ0v) is 14.5. The number of carbonyl (C=O) groups excluding carboxylic acids is 1. The first-order valence-corrected chi connectivity index (χ1v) is 8.85. The van der Waals surface area contributed by atoms with Gasteiger partial charge in [0.1, 0.15) is 0 Å². The highest BCUT2D eigenvalue weighted by atomic mass is 32.1. The van der Waals surface area contributed by atoms with Crippen LogP contribution in [-0.4, -0.2) is 33.7 Å². The van der Waals surface area contributed by atoms with Crippen molar-refractivity contribution < 1.29 is 18.0 Å². The average Bonchev–Trinajstić information content (AvgIpc) is 3.19. The summed E-state index contributed by atoms with van der Waals surface area (Å²) in [6, 6.07) is 4.57. The van der Waals surface area contributed by atoms with Gasteiger partial charge in [0.2, 0.25) is 5.91 Å². The number of rotatable bonds is 3. The molecule has 4 nitrogen and oxygen atoms in total. The van der Waals surface area contributed by atoms with Crippen LogP contribution in [0.2, 0.25) is 0 Å². The number of aromatic nitrogens is 2. The Balaban J connectivity index is 1.73. The summed E-state index contributed by atoms with van der Waals surface area (Å²) in [5.41, 5.74) is -0.505. The highest BCUT2D eigenvalue weighted by Gasteiger charge is 2.34. The molecule has 0 unspecified atom stereocenters. The molecular weight excluding hydrogens is 351 g/mol. The number of halogens is 3. The zero-order valence-electron chi connectivity index (χ0n) is 13.7. The molecule has 1 saturated heterocycles. The third-order valence-corrected chi connectivity index (χ3v) is 5.18. The van der Waals surface area contributed by atoms with Crippen molar-refractivity contribution in [2.45, 2.75) is 25.4 Å². The maximum atomic E-state index is 12.8. The van der Waals surface area contributed by atoms with Crippen molar-refractivity contribution in [2.75, 3.05) is 13.1 Å². The molecule has 1 amide bonds. The zero-order chi connectivity index (χ0) is 18.0. The molecule has 2 aromatic heterocycles. The van der Waals surface area contributed by atoms with Gasteiger partial charge in [0.25, 0.3) is 0 Å². The van der Waals surface area contributed by atoms with Gasteiger partial charge >= 0.3 is 6.18 Å². The lowest BCUT2D eigenvalue weighted by Gasteiger charge is -2.25. The largest absolute Gasteiger partial charge is 0.435 e. The van der Waals surface area contributed by atoms with Crippen LogP contribution in [0.15, 0.2) is 24.3 Å². The minimum atomic E-state index is -4.46. The van der Waals surface area contributed by atoms with Crippen molar-refractivity contribution in [1.82, 2.24) is 14.7 Å². The van der Waals surface area contributed by atoms with Crippen LogP contribution >= 0.6 is 11.3 Å². The summed E-state index contributed by atoms with van der Waals surface area (Å²) >= 11 is 1.33. The van der Waals surface area contributed by atoms with Crippen molar-refractivity contribution in [3.05, 3.63) is 34.8 Å². The summed E-state index contributed by atoms with van der Waals surface area (Å²) in [7, 11) is 1.49. The molecule has 0 spiro atoms. The number of thiophene rings is 1. The maximum Gasteiger partial charge on any atom is 0.435 e. The molecule has 2 aromatic rings. The Morgan fingerprint density at radius 1 is 1.24 bits per heavy atom. The summed E-state index contributed by atoms with van der Waals surface area (Å²) < 4.78 is 39.5. The summed E-state index contributed by atoms with van der Waals surface area (Å²) in [5.74, 6) is -0.0189. The van der Waals surface area contributed by atoms with Crippen LogP contribution in [0.1, 0.15) is 29.8 Å². The van der Waals surface area contributed by atoms with Gasteiger partial charge in [0.05, 0.1) is 10.6 Å². The summed E-state index contributed by atoms with van der Waals surface area (Å²) in [5, 5.41) is 3.52.